The summed E-state index contributed by atoms with van der Waals surface area (Å²) in [4.78, 5) is 60.6. The number of halogens is 2. The number of aryl methyl sites for hydroxylation is 1. The molecule has 2 N–H and O–H groups in total. The van der Waals surface area contributed by atoms with Gasteiger partial charge in [0.05, 0.1) is 46.7 Å². The fourth-order valence-electron chi connectivity index (χ4n) is 9.99. The minimum Gasteiger partial charge on any atom is -0.372 e. The van der Waals surface area contributed by atoms with E-state index in [1.807, 2.05) is 38.1 Å². The number of benzene rings is 1. The number of para-hydroxylation sites is 1. The van der Waals surface area contributed by atoms with Gasteiger partial charge >= 0.3 is 5.69 Å². The molecule has 63 heavy (non-hydrogen) atoms. The first kappa shape index (κ1) is 42.4. The van der Waals surface area contributed by atoms with Gasteiger partial charge in [0.15, 0.2) is 11.3 Å². The number of ether oxygens (including phenoxy) is 1. The predicted molar refractivity (Wildman–Crippen MR) is 231 cm³/mol. The number of nitrogens with one attached hydrogen (secondary N) is 2. The van der Waals surface area contributed by atoms with E-state index in [9.17, 15) is 28.0 Å². The number of anilines is 2. The van der Waals surface area contributed by atoms with Gasteiger partial charge in [0.25, 0.3) is 12.3 Å². The molecular weight excluding hydrogens is 813 g/mol. The molecule has 4 aromatic heterocycles. The molecule has 3 amide bonds. The Bertz CT molecular complexity index is 2650. The maximum absolute atomic E-state index is 14.3. The SMILES string of the molecule is C[C@@H]1CN(c2ccn3ncc(C(=O)Nc4cn([C@H]5CC[C@H](CN6CCC(CC#Cc7cccc8c7n(C)c(=O)n8C7CCC(=O)NC7=O)CC6)CC5)nc4C(F)F)c3n2)C[C@H](C)O1. The minimum absolute atomic E-state index is 0.0115. The third kappa shape index (κ3) is 8.72. The van der Waals surface area contributed by atoms with Crippen molar-refractivity contribution in [2.75, 3.05) is 42.9 Å². The quantitative estimate of drug-likeness (QED) is 0.148. The number of imidazole rings is 1. The number of carbonyl (C=O) groups excluding carboxylic acids is 3. The van der Waals surface area contributed by atoms with Gasteiger partial charge in [0.2, 0.25) is 11.8 Å². The number of hydrogen-bond donors (Lipinski definition) is 2. The van der Waals surface area contributed by atoms with Crippen LogP contribution < -0.4 is 21.2 Å². The Morgan fingerprint density at radius 2 is 1.76 bits per heavy atom. The average Bonchev–Trinajstić information content (AvgIpc) is 3.96. The molecule has 4 fully saturated rings. The Morgan fingerprint density at radius 1 is 1.00 bits per heavy atom. The van der Waals surface area contributed by atoms with Crippen LogP contribution >= 0.6 is 0 Å². The number of fused-ring (bicyclic) bond motifs is 2. The van der Waals surface area contributed by atoms with E-state index < -0.39 is 30.0 Å². The largest absolute Gasteiger partial charge is 0.372 e. The van der Waals surface area contributed by atoms with Crippen molar-refractivity contribution in [3.8, 4) is 11.8 Å². The molecule has 5 aromatic rings. The number of carbonyl (C=O) groups is 3. The van der Waals surface area contributed by atoms with Gasteiger partial charge in [-0.25, -0.2) is 23.1 Å². The number of amides is 3. The molecular formula is C45H53F2N11O5. The molecule has 0 radical (unpaired) electrons. The summed E-state index contributed by atoms with van der Waals surface area (Å²) in [5.41, 5.74) is 1.78. The Hall–Kier alpha value is -5.93. The summed E-state index contributed by atoms with van der Waals surface area (Å²) < 4.78 is 40.6. The zero-order valence-corrected chi connectivity index (χ0v) is 35.8. The number of imide groups is 1. The van der Waals surface area contributed by atoms with E-state index in [1.54, 1.807) is 17.9 Å². The normalized spacial score (nSPS) is 23.9. The van der Waals surface area contributed by atoms with Crippen LogP contribution in [0.1, 0.15) is 112 Å². The molecule has 1 unspecified atom stereocenters. The van der Waals surface area contributed by atoms with Gasteiger partial charge < -0.3 is 19.9 Å². The van der Waals surface area contributed by atoms with Crippen molar-refractivity contribution < 1.29 is 27.9 Å². The monoisotopic (exact) mass is 865 g/mol. The molecule has 1 aromatic carbocycles. The first-order valence-electron chi connectivity index (χ1n) is 22.1. The van der Waals surface area contributed by atoms with Crippen LogP contribution in [0, 0.1) is 23.7 Å². The summed E-state index contributed by atoms with van der Waals surface area (Å²) in [6.45, 7) is 8.28. The number of aromatic nitrogens is 7. The lowest BCUT2D eigenvalue weighted by molar-refractivity contribution is -0.135. The highest BCUT2D eigenvalue weighted by Gasteiger charge is 2.33. The number of piperidine rings is 2. The molecule has 332 valence electrons. The van der Waals surface area contributed by atoms with Crippen molar-refractivity contribution in [2.24, 2.45) is 18.9 Å². The van der Waals surface area contributed by atoms with Crippen LogP contribution in [0.15, 0.2) is 47.7 Å². The zero-order chi connectivity index (χ0) is 43.9. The molecule has 3 saturated heterocycles. The third-order valence-electron chi connectivity index (χ3n) is 13.2. The van der Waals surface area contributed by atoms with Crippen LogP contribution in [0.2, 0.25) is 0 Å². The van der Waals surface area contributed by atoms with Gasteiger partial charge in [0, 0.05) is 51.9 Å². The molecule has 1 saturated carbocycles. The zero-order valence-electron chi connectivity index (χ0n) is 35.8. The Morgan fingerprint density at radius 3 is 2.49 bits per heavy atom. The Kier molecular flexibility index (Phi) is 11.9. The summed E-state index contributed by atoms with van der Waals surface area (Å²) in [7, 11) is 1.69. The summed E-state index contributed by atoms with van der Waals surface area (Å²) in [5, 5.41) is 13.6. The van der Waals surface area contributed by atoms with E-state index in [4.69, 9.17) is 9.72 Å². The standard InChI is InChI=1S/C45H53F2N11O5/c1-27-23-55(24-28(2)63-27)37-18-21-56-42(50-37)33(22-48-56)43(60)49-34-26-57(52-39(34)41(46)47)32-12-10-30(11-13-32)25-54-19-16-29(17-20-54)6-4-7-31-8-5-9-35-40(31)53(3)45(62)58(35)36-14-15-38(59)51-44(36)61/h5,8-9,18,21-22,26-30,32,36,41H,6,10-17,19-20,23-25H2,1-3H3,(H,49,60)(H,51,59,61)/t27-,28+,30-,32-,36?. The molecule has 7 heterocycles. The van der Waals surface area contributed by atoms with Crippen LogP contribution in [0.3, 0.4) is 0 Å². The predicted octanol–water partition coefficient (Wildman–Crippen LogP) is 5.25. The van der Waals surface area contributed by atoms with Crippen LogP contribution in [-0.4, -0.2) is 101 Å². The number of rotatable bonds is 9. The first-order valence-corrected chi connectivity index (χ1v) is 22.1. The highest BCUT2D eigenvalue weighted by molar-refractivity contribution is 6.08. The molecule has 0 bridgehead atoms. The summed E-state index contributed by atoms with van der Waals surface area (Å²) in [6, 6.07) is 6.61. The van der Waals surface area contributed by atoms with Gasteiger partial charge in [-0.15, -0.1) is 0 Å². The molecule has 3 aliphatic heterocycles. The second-order valence-electron chi connectivity index (χ2n) is 17.7. The molecule has 4 aliphatic rings. The second kappa shape index (κ2) is 17.7. The number of nitrogens with zero attached hydrogens (tertiary/aromatic N) is 9. The lowest BCUT2D eigenvalue weighted by Gasteiger charge is -2.36. The van der Waals surface area contributed by atoms with Crippen molar-refractivity contribution in [1.29, 1.82) is 0 Å². The number of morpholine rings is 1. The number of likely N-dealkylation sites (tertiary alicyclic amines) is 1. The smallest absolute Gasteiger partial charge is 0.329 e. The Balaban J connectivity index is 0.770. The molecule has 0 spiro atoms. The van der Waals surface area contributed by atoms with Crippen LogP contribution in [0.5, 0.6) is 0 Å². The van der Waals surface area contributed by atoms with E-state index in [1.165, 1.54) is 26.0 Å². The molecule has 18 heteroatoms. The van der Waals surface area contributed by atoms with Crippen molar-refractivity contribution in [1.82, 2.24) is 43.7 Å². The van der Waals surface area contributed by atoms with Gasteiger partial charge in [0.1, 0.15) is 17.4 Å². The van der Waals surface area contributed by atoms with E-state index in [0.29, 0.717) is 47.4 Å². The molecule has 16 nitrogen and oxygen atoms in total. The van der Waals surface area contributed by atoms with Crippen LogP contribution in [-0.2, 0) is 21.4 Å². The lowest BCUT2D eigenvalue weighted by atomic mass is 9.85. The van der Waals surface area contributed by atoms with E-state index in [2.05, 4.69) is 42.5 Å². The maximum atomic E-state index is 14.3. The van der Waals surface area contributed by atoms with E-state index in [-0.39, 0.29) is 53.9 Å². The number of hydrogen-bond acceptors (Lipinski definition) is 10. The van der Waals surface area contributed by atoms with Crippen molar-refractivity contribution in [3.05, 3.63) is 70.2 Å². The Labute approximate surface area is 362 Å². The highest BCUT2D eigenvalue weighted by Crippen LogP contribution is 2.36. The van der Waals surface area contributed by atoms with Gasteiger partial charge in [-0.3, -0.25) is 33.5 Å². The summed E-state index contributed by atoms with van der Waals surface area (Å²) in [6.07, 6.45) is 8.67. The van der Waals surface area contributed by atoms with Crippen molar-refractivity contribution >= 4 is 45.9 Å². The topological polar surface area (TPSA) is 166 Å². The fraction of sp³-hybridized carbons (Fsp3) is 0.533. The second-order valence-corrected chi connectivity index (χ2v) is 17.7. The minimum atomic E-state index is -2.87. The van der Waals surface area contributed by atoms with Gasteiger partial charge in [-0.2, -0.15) is 10.2 Å². The highest BCUT2D eigenvalue weighted by atomic mass is 19.3. The van der Waals surface area contributed by atoms with Gasteiger partial charge in [-0.1, -0.05) is 17.9 Å². The molecule has 9 rings (SSSR count). The van der Waals surface area contributed by atoms with Crippen molar-refractivity contribution in [3.63, 3.8) is 0 Å². The number of alkyl halides is 2. The van der Waals surface area contributed by atoms with Crippen molar-refractivity contribution in [2.45, 2.75) is 102 Å². The first-order chi connectivity index (χ1) is 30.4. The molecule has 3 atom stereocenters. The van der Waals surface area contributed by atoms with Crippen LogP contribution in [0.4, 0.5) is 20.3 Å². The van der Waals surface area contributed by atoms with E-state index in [0.717, 1.165) is 70.1 Å². The summed E-state index contributed by atoms with van der Waals surface area (Å²) in [5.74, 6) is 6.96. The average molecular weight is 866 g/mol. The third-order valence-corrected chi connectivity index (χ3v) is 13.2. The fourth-order valence-corrected chi connectivity index (χ4v) is 9.99. The van der Waals surface area contributed by atoms with Crippen LogP contribution in [0.25, 0.3) is 16.7 Å². The summed E-state index contributed by atoms with van der Waals surface area (Å²) >= 11 is 0. The lowest BCUT2D eigenvalue weighted by Crippen LogP contribution is -2.45. The molecule has 1 aliphatic carbocycles. The van der Waals surface area contributed by atoms with Gasteiger partial charge in [-0.05, 0) is 102 Å². The maximum Gasteiger partial charge on any atom is 0.329 e. The van der Waals surface area contributed by atoms with E-state index >= 15 is 0 Å².